The number of halogens is 2. The van der Waals surface area contributed by atoms with Gasteiger partial charge in [0.2, 0.25) is 0 Å². The van der Waals surface area contributed by atoms with E-state index in [1.54, 1.807) is 0 Å². The Kier molecular flexibility index (Phi) is 5.29. The van der Waals surface area contributed by atoms with E-state index < -0.39 is 0 Å². The Balaban J connectivity index is 0.000000810. The van der Waals surface area contributed by atoms with Crippen molar-refractivity contribution in [1.29, 1.82) is 0 Å². The minimum atomic E-state index is 0. The summed E-state index contributed by atoms with van der Waals surface area (Å²) in [5.74, 6) is 0. The van der Waals surface area contributed by atoms with E-state index in [0.717, 1.165) is 11.0 Å². The normalized spacial score (nSPS) is 8.60. The zero-order valence-corrected chi connectivity index (χ0v) is 9.22. The van der Waals surface area contributed by atoms with Crippen LogP contribution in [0, 0.1) is 0 Å². The first kappa shape index (κ1) is 10.4. The average molecular weight is 314 g/mol. The Morgan fingerprint density at radius 2 is 1.90 bits per heavy atom. The fourth-order valence-electron chi connectivity index (χ4n) is 0.701. The molecular weight excluding hydrogens is 305 g/mol. The van der Waals surface area contributed by atoms with Crippen LogP contribution in [0.5, 0.6) is 0 Å². The summed E-state index contributed by atoms with van der Waals surface area (Å²) in [6.45, 7) is 0.849. The summed E-state index contributed by atoms with van der Waals surface area (Å²) in [6.07, 6.45) is 0. The lowest BCUT2D eigenvalue weighted by Crippen LogP contribution is -3.00. The van der Waals surface area contributed by atoms with Gasteiger partial charge in [0.05, 0.1) is 0 Å². The van der Waals surface area contributed by atoms with Gasteiger partial charge in [-0.2, -0.15) is 0 Å². The molecule has 0 spiro atoms. The zero-order valence-electron chi connectivity index (χ0n) is 5.48. The molecule has 0 aliphatic carbocycles. The molecule has 0 atom stereocenters. The Morgan fingerprint density at radius 3 is 2.30 bits per heavy atom. The van der Waals surface area contributed by atoms with Gasteiger partial charge in [-0.1, -0.05) is 34.1 Å². The third-order valence-corrected chi connectivity index (χ3v) is 2.00. The predicted molar refractivity (Wildman–Crippen MR) is 40.7 cm³/mol. The second-order valence-electron chi connectivity index (χ2n) is 1.84. The van der Waals surface area contributed by atoms with Crippen molar-refractivity contribution in [3.8, 4) is 0 Å². The minimum absolute atomic E-state index is 0. The Morgan fingerprint density at radius 1 is 1.30 bits per heavy atom. The fourth-order valence-corrected chi connectivity index (χ4v) is 1.18. The molecule has 3 N–H and O–H groups in total. The van der Waals surface area contributed by atoms with Crippen LogP contribution >= 0.6 is 15.9 Å². The molecular formula is C7H9BrIN. The first-order valence-corrected chi connectivity index (χ1v) is 3.66. The van der Waals surface area contributed by atoms with Gasteiger partial charge in [-0.15, -0.1) is 0 Å². The topological polar surface area (TPSA) is 27.6 Å². The summed E-state index contributed by atoms with van der Waals surface area (Å²) in [5.41, 5.74) is 5.05. The van der Waals surface area contributed by atoms with E-state index in [-0.39, 0.29) is 24.0 Å². The number of benzene rings is 1. The van der Waals surface area contributed by atoms with Crippen molar-refractivity contribution in [2.75, 3.05) is 0 Å². The van der Waals surface area contributed by atoms with E-state index in [1.807, 2.05) is 18.2 Å². The Bertz CT molecular complexity index is 203. The molecule has 0 unspecified atom stereocenters. The molecule has 1 aromatic rings. The van der Waals surface area contributed by atoms with Crippen LogP contribution in [0.15, 0.2) is 28.7 Å². The molecule has 10 heavy (non-hydrogen) atoms. The molecule has 1 nitrogen and oxygen atoms in total. The molecule has 0 saturated carbocycles. The van der Waals surface area contributed by atoms with E-state index in [4.69, 9.17) is 0 Å². The lowest BCUT2D eigenvalue weighted by atomic mass is 10.2. The van der Waals surface area contributed by atoms with Crippen molar-refractivity contribution in [2.45, 2.75) is 6.54 Å². The maximum atomic E-state index is 3.79. The van der Waals surface area contributed by atoms with Crippen LogP contribution in [0.4, 0.5) is 0 Å². The van der Waals surface area contributed by atoms with E-state index in [1.165, 1.54) is 5.56 Å². The second kappa shape index (κ2) is 5.09. The maximum Gasteiger partial charge on any atom is 0.101 e. The first-order chi connectivity index (χ1) is 4.34. The smallest absolute Gasteiger partial charge is 0.101 e. The summed E-state index contributed by atoms with van der Waals surface area (Å²) in [4.78, 5) is 0. The third kappa shape index (κ3) is 2.56. The quantitative estimate of drug-likeness (QED) is 0.592. The highest BCUT2D eigenvalue weighted by Gasteiger charge is 1.93. The van der Waals surface area contributed by atoms with Gasteiger partial charge >= 0.3 is 0 Å². The molecule has 3 heteroatoms. The second-order valence-corrected chi connectivity index (χ2v) is 2.70. The zero-order chi connectivity index (χ0) is 6.69. The van der Waals surface area contributed by atoms with Crippen LogP contribution in [0.2, 0.25) is 0 Å². The monoisotopic (exact) mass is 313 g/mol. The van der Waals surface area contributed by atoms with Gasteiger partial charge < -0.3 is 29.7 Å². The molecule has 1 rings (SSSR count). The van der Waals surface area contributed by atoms with E-state index in [0.29, 0.717) is 0 Å². The number of hydrogen-bond donors (Lipinski definition) is 1. The van der Waals surface area contributed by atoms with Crippen LogP contribution in [0.25, 0.3) is 0 Å². The highest BCUT2D eigenvalue weighted by Crippen LogP contribution is 2.13. The lowest BCUT2D eigenvalue weighted by Gasteiger charge is -1.94. The van der Waals surface area contributed by atoms with Crippen molar-refractivity contribution < 1.29 is 29.7 Å². The van der Waals surface area contributed by atoms with Gasteiger partial charge in [0, 0.05) is 10.0 Å². The number of hydrogen-bond acceptors (Lipinski definition) is 0. The SMILES string of the molecule is [I-].[NH3+]Cc1ccccc1Br. The van der Waals surface area contributed by atoms with Gasteiger partial charge in [0.25, 0.3) is 0 Å². The van der Waals surface area contributed by atoms with Crippen LogP contribution in [0.1, 0.15) is 5.56 Å². The minimum Gasteiger partial charge on any atom is -1.00 e. The Labute approximate surface area is 86.1 Å². The molecule has 0 aromatic heterocycles. The highest BCUT2D eigenvalue weighted by atomic mass is 127. The summed E-state index contributed by atoms with van der Waals surface area (Å²) < 4.78 is 1.15. The van der Waals surface area contributed by atoms with Crippen LogP contribution in [-0.2, 0) is 6.54 Å². The first-order valence-electron chi connectivity index (χ1n) is 2.87. The molecule has 0 radical (unpaired) electrons. The molecule has 1 aromatic carbocycles. The van der Waals surface area contributed by atoms with Gasteiger partial charge in [-0.25, -0.2) is 0 Å². The molecule has 0 aliphatic heterocycles. The predicted octanol–water partition coefficient (Wildman–Crippen LogP) is -1.80. The summed E-state index contributed by atoms with van der Waals surface area (Å²) in [5, 5.41) is 0. The average Bonchev–Trinajstić information content (AvgIpc) is 1.89. The summed E-state index contributed by atoms with van der Waals surface area (Å²) in [7, 11) is 0. The van der Waals surface area contributed by atoms with Gasteiger partial charge in [0.1, 0.15) is 6.54 Å². The fraction of sp³-hybridized carbons (Fsp3) is 0.143. The van der Waals surface area contributed by atoms with Crippen LogP contribution in [-0.4, -0.2) is 0 Å². The molecule has 0 saturated heterocycles. The van der Waals surface area contributed by atoms with Crippen molar-refractivity contribution in [3.05, 3.63) is 34.3 Å². The van der Waals surface area contributed by atoms with Crippen molar-refractivity contribution in [2.24, 2.45) is 0 Å². The van der Waals surface area contributed by atoms with Gasteiger partial charge in [0.15, 0.2) is 0 Å². The van der Waals surface area contributed by atoms with E-state index in [9.17, 15) is 0 Å². The highest BCUT2D eigenvalue weighted by molar-refractivity contribution is 9.10. The van der Waals surface area contributed by atoms with Crippen LogP contribution < -0.4 is 29.7 Å². The van der Waals surface area contributed by atoms with Gasteiger partial charge in [-0.05, 0) is 6.07 Å². The molecule has 0 aliphatic rings. The lowest BCUT2D eigenvalue weighted by molar-refractivity contribution is -0.386. The molecule has 56 valence electrons. The van der Waals surface area contributed by atoms with E-state index >= 15 is 0 Å². The van der Waals surface area contributed by atoms with Crippen molar-refractivity contribution >= 4 is 15.9 Å². The molecule has 0 amide bonds. The summed E-state index contributed by atoms with van der Waals surface area (Å²) >= 11 is 3.42. The van der Waals surface area contributed by atoms with Crippen LogP contribution in [0.3, 0.4) is 0 Å². The number of quaternary nitrogens is 1. The molecule has 0 fully saturated rings. The maximum absolute atomic E-state index is 3.79. The van der Waals surface area contributed by atoms with Crippen molar-refractivity contribution in [3.63, 3.8) is 0 Å². The standard InChI is InChI=1S/C7H8BrN.HI/c8-7-4-2-1-3-6(7)5-9;/h1-4H,5,9H2;1H. The number of rotatable bonds is 1. The molecule has 0 heterocycles. The third-order valence-electron chi connectivity index (χ3n) is 1.23. The Hall–Kier alpha value is 0.390. The van der Waals surface area contributed by atoms with Crippen molar-refractivity contribution in [1.82, 2.24) is 0 Å². The largest absolute Gasteiger partial charge is 1.00 e. The molecule has 0 bridgehead atoms. The van der Waals surface area contributed by atoms with Gasteiger partial charge in [-0.3, -0.25) is 0 Å². The summed E-state index contributed by atoms with van der Waals surface area (Å²) in [6, 6.07) is 8.12. The van der Waals surface area contributed by atoms with E-state index in [2.05, 4.69) is 27.7 Å².